The summed E-state index contributed by atoms with van der Waals surface area (Å²) in [5.41, 5.74) is 0. The van der Waals surface area contributed by atoms with E-state index >= 15 is 0 Å². The lowest BCUT2D eigenvalue weighted by Gasteiger charge is -2.22. The number of nitrogens with zero attached hydrogens (tertiary/aromatic N) is 1. The van der Waals surface area contributed by atoms with Gasteiger partial charge in [0.25, 0.3) is 0 Å². The summed E-state index contributed by atoms with van der Waals surface area (Å²) in [4.78, 5) is 14.2. The average molecular weight is 236 g/mol. The van der Waals surface area contributed by atoms with E-state index in [1.54, 1.807) is 0 Å². The fourth-order valence-electron chi connectivity index (χ4n) is 3.43. The summed E-state index contributed by atoms with van der Waals surface area (Å²) < 4.78 is 0. The molecule has 3 rings (SSSR count). The van der Waals surface area contributed by atoms with Gasteiger partial charge in [-0.05, 0) is 50.0 Å². The second-order valence-corrected chi connectivity index (χ2v) is 6.18. The zero-order chi connectivity index (χ0) is 11.7. The summed E-state index contributed by atoms with van der Waals surface area (Å²) in [6.07, 6.45) is 8.17. The Morgan fingerprint density at radius 3 is 2.29 bits per heavy atom. The maximum Gasteiger partial charge on any atom is 0.236 e. The number of hydrogen-bond donors (Lipinski definition) is 1. The molecule has 0 aromatic rings. The fourth-order valence-corrected chi connectivity index (χ4v) is 3.43. The molecule has 17 heavy (non-hydrogen) atoms. The maximum absolute atomic E-state index is 12.1. The normalized spacial score (nSPS) is 32.6. The molecule has 0 bridgehead atoms. The Bertz CT molecular complexity index is 274. The first-order valence-corrected chi connectivity index (χ1v) is 7.31. The van der Waals surface area contributed by atoms with Crippen LogP contribution in [0.5, 0.6) is 0 Å². The standard InChI is InChI=1S/C14H24N2O/c17-14(8-15-7-11-5-6-11)16-9-12-3-1-2-4-13(12)10-16/h11-13,15H,1-10H2. The highest BCUT2D eigenvalue weighted by Crippen LogP contribution is 2.35. The fraction of sp³-hybridized carbons (Fsp3) is 0.929. The maximum atomic E-state index is 12.1. The molecule has 3 heteroatoms. The second-order valence-electron chi connectivity index (χ2n) is 6.18. The van der Waals surface area contributed by atoms with Crippen molar-refractivity contribution >= 4 is 5.91 Å². The van der Waals surface area contributed by atoms with E-state index < -0.39 is 0 Å². The van der Waals surface area contributed by atoms with E-state index in [0.29, 0.717) is 12.5 Å². The van der Waals surface area contributed by atoms with Gasteiger partial charge in [-0.3, -0.25) is 4.79 Å². The number of fused-ring (bicyclic) bond motifs is 1. The average Bonchev–Trinajstić information content (AvgIpc) is 3.06. The molecule has 1 saturated heterocycles. The van der Waals surface area contributed by atoms with Crippen LogP contribution in [-0.2, 0) is 4.79 Å². The van der Waals surface area contributed by atoms with Crippen molar-refractivity contribution in [2.24, 2.45) is 17.8 Å². The largest absolute Gasteiger partial charge is 0.341 e. The minimum atomic E-state index is 0.333. The highest BCUT2D eigenvalue weighted by atomic mass is 16.2. The lowest BCUT2D eigenvalue weighted by molar-refractivity contribution is -0.129. The van der Waals surface area contributed by atoms with Gasteiger partial charge in [0.1, 0.15) is 0 Å². The van der Waals surface area contributed by atoms with Gasteiger partial charge in [0.15, 0.2) is 0 Å². The molecule has 1 N–H and O–H groups in total. The molecular formula is C14H24N2O. The Balaban J connectivity index is 1.42. The third-order valence-corrected chi connectivity index (χ3v) is 4.74. The lowest BCUT2D eigenvalue weighted by atomic mass is 9.82. The Kier molecular flexibility index (Phi) is 3.37. The minimum Gasteiger partial charge on any atom is -0.341 e. The molecular weight excluding hydrogens is 212 g/mol. The second kappa shape index (κ2) is 4.97. The zero-order valence-corrected chi connectivity index (χ0v) is 10.7. The molecule has 3 nitrogen and oxygen atoms in total. The van der Waals surface area contributed by atoms with Crippen molar-refractivity contribution in [1.29, 1.82) is 0 Å². The number of amides is 1. The zero-order valence-electron chi connectivity index (χ0n) is 10.7. The van der Waals surface area contributed by atoms with E-state index in [1.807, 2.05) is 0 Å². The van der Waals surface area contributed by atoms with Gasteiger partial charge >= 0.3 is 0 Å². The van der Waals surface area contributed by atoms with Gasteiger partial charge in [0.05, 0.1) is 6.54 Å². The first-order valence-electron chi connectivity index (χ1n) is 7.31. The van der Waals surface area contributed by atoms with Gasteiger partial charge < -0.3 is 10.2 Å². The van der Waals surface area contributed by atoms with Crippen LogP contribution in [0.4, 0.5) is 0 Å². The molecule has 2 atom stereocenters. The van der Waals surface area contributed by atoms with Gasteiger partial charge in [-0.1, -0.05) is 12.8 Å². The Hall–Kier alpha value is -0.570. The third kappa shape index (κ3) is 2.82. The van der Waals surface area contributed by atoms with Crippen LogP contribution in [0.3, 0.4) is 0 Å². The number of hydrogen-bond acceptors (Lipinski definition) is 2. The molecule has 1 heterocycles. The smallest absolute Gasteiger partial charge is 0.236 e. The van der Waals surface area contributed by atoms with Crippen LogP contribution in [-0.4, -0.2) is 37.0 Å². The molecule has 3 fully saturated rings. The number of likely N-dealkylation sites (tertiary alicyclic amines) is 1. The van der Waals surface area contributed by atoms with Gasteiger partial charge in [-0.2, -0.15) is 0 Å². The first kappa shape index (κ1) is 11.5. The Labute approximate surface area is 104 Å². The summed E-state index contributed by atoms with van der Waals surface area (Å²) in [6, 6.07) is 0. The van der Waals surface area contributed by atoms with Crippen molar-refractivity contribution in [2.45, 2.75) is 38.5 Å². The van der Waals surface area contributed by atoms with Crippen LogP contribution < -0.4 is 5.32 Å². The molecule has 2 saturated carbocycles. The van der Waals surface area contributed by atoms with Crippen LogP contribution in [0, 0.1) is 17.8 Å². The number of rotatable bonds is 4. The molecule has 3 aliphatic rings. The third-order valence-electron chi connectivity index (χ3n) is 4.74. The predicted molar refractivity (Wildman–Crippen MR) is 67.6 cm³/mol. The Morgan fingerprint density at radius 1 is 1.06 bits per heavy atom. The topological polar surface area (TPSA) is 32.3 Å². The minimum absolute atomic E-state index is 0.333. The number of nitrogens with one attached hydrogen (secondary N) is 1. The lowest BCUT2D eigenvalue weighted by Crippen LogP contribution is -2.37. The highest BCUT2D eigenvalue weighted by Gasteiger charge is 2.36. The van der Waals surface area contributed by atoms with Crippen molar-refractivity contribution < 1.29 is 4.79 Å². The van der Waals surface area contributed by atoms with Crippen LogP contribution in [0.1, 0.15) is 38.5 Å². The van der Waals surface area contributed by atoms with Crippen LogP contribution in [0.25, 0.3) is 0 Å². The summed E-state index contributed by atoms with van der Waals surface area (Å²) in [5.74, 6) is 2.83. The van der Waals surface area contributed by atoms with E-state index in [1.165, 1.54) is 38.5 Å². The number of carbonyl (C=O) groups excluding carboxylic acids is 1. The van der Waals surface area contributed by atoms with Crippen molar-refractivity contribution in [3.05, 3.63) is 0 Å². The van der Waals surface area contributed by atoms with Crippen molar-refractivity contribution in [3.63, 3.8) is 0 Å². The van der Waals surface area contributed by atoms with Crippen LogP contribution >= 0.6 is 0 Å². The van der Waals surface area contributed by atoms with Crippen molar-refractivity contribution in [3.8, 4) is 0 Å². The van der Waals surface area contributed by atoms with Gasteiger partial charge in [0.2, 0.25) is 5.91 Å². The van der Waals surface area contributed by atoms with Crippen molar-refractivity contribution in [2.75, 3.05) is 26.2 Å². The summed E-state index contributed by atoms with van der Waals surface area (Å²) in [6.45, 7) is 3.69. The summed E-state index contributed by atoms with van der Waals surface area (Å²) in [7, 11) is 0. The molecule has 0 radical (unpaired) electrons. The SMILES string of the molecule is O=C(CNCC1CC1)N1CC2CCCCC2C1. The van der Waals surface area contributed by atoms with E-state index in [4.69, 9.17) is 0 Å². The van der Waals surface area contributed by atoms with E-state index in [0.717, 1.165) is 37.4 Å². The van der Waals surface area contributed by atoms with Crippen LogP contribution in [0.2, 0.25) is 0 Å². The van der Waals surface area contributed by atoms with Gasteiger partial charge in [-0.15, -0.1) is 0 Å². The molecule has 1 amide bonds. The van der Waals surface area contributed by atoms with E-state index in [9.17, 15) is 4.79 Å². The number of carbonyl (C=O) groups is 1. The quantitative estimate of drug-likeness (QED) is 0.804. The summed E-state index contributed by atoms with van der Waals surface area (Å²) in [5, 5.41) is 3.31. The predicted octanol–water partition coefficient (Wildman–Crippen LogP) is 1.63. The van der Waals surface area contributed by atoms with Crippen LogP contribution in [0.15, 0.2) is 0 Å². The molecule has 0 aromatic carbocycles. The van der Waals surface area contributed by atoms with E-state index in [2.05, 4.69) is 10.2 Å². The molecule has 0 aromatic heterocycles. The first-order chi connectivity index (χ1) is 8.33. The summed E-state index contributed by atoms with van der Waals surface area (Å²) >= 11 is 0. The van der Waals surface area contributed by atoms with Crippen molar-refractivity contribution in [1.82, 2.24) is 10.2 Å². The monoisotopic (exact) mass is 236 g/mol. The highest BCUT2D eigenvalue weighted by molar-refractivity contribution is 5.78. The molecule has 2 unspecified atom stereocenters. The van der Waals surface area contributed by atoms with Gasteiger partial charge in [0, 0.05) is 13.1 Å². The van der Waals surface area contributed by atoms with Gasteiger partial charge in [-0.25, -0.2) is 0 Å². The molecule has 2 aliphatic carbocycles. The Morgan fingerprint density at radius 2 is 1.71 bits per heavy atom. The molecule has 96 valence electrons. The molecule has 1 aliphatic heterocycles. The molecule has 0 spiro atoms. The van der Waals surface area contributed by atoms with E-state index in [-0.39, 0.29) is 0 Å².